The number of oxazole rings is 1. The Bertz CT molecular complexity index is 1120. The molecule has 0 aliphatic carbocycles. The molecule has 2 heterocycles. The van der Waals surface area contributed by atoms with Gasteiger partial charge < -0.3 is 9.15 Å². The summed E-state index contributed by atoms with van der Waals surface area (Å²) in [6.45, 7) is 3.40. The van der Waals surface area contributed by atoms with Crippen LogP contribution in [0, 0.1) is 0 Å². The monoisotopic (exact) mass is 368 g/mol. The van der Waals surface area contributed by atoms with Crippen molar-refractivity contribution < 1.29 is 13.9 Å². The number of aromatic nitrogens is 2. The highest BCUT2D eigenvalue weighted by Gasteiger charge is 2.25. The van der Waals surface area contributed by atoms with Gasteiger partial charge in [-0.2, -0.15) is 0 Å². The van der Waals surface area contributed by atoms with Crippen molar-refractivity contribution in [3.05, 3.63) is 64.1 Å². The number of hydrogen-bond donors (Lipinski definition) is 0. The second-order valence-electron chi connectivity index (χ2n) is 5.98. The Morgan fingerprint density at radius 2 is 1.88 bits per heavy atom. The Balaban J connectivity index is 1.58. The maximum absolute atomic E-state index is 12.6. The van der Waals surface area contributed by atoms with E-state index in [1.54, 1.807) is 38.1 Å². The number of ether oxygens (including phenoxy) is 1. The van der Waals surface area contributed by atoms with Crippen molar-refractivity contribution in [1.29, 1.82) is 0 Å². The Kier molecular flexibility index (Phi) is 4.08. The third-order valence-corrected chi connectivity index (χ3v) is 5.40. The lowest BCUT2D eigenvalue weighted by Gasteiger charge is -2.15. The van der Waals surface area contributed by atoms with Gasteiger partial charge in [0.1, 0.15) is 11.0 Å². The molecule has 0 saturated carbocycles. The van der Waals surface area contributed by atoms with Crippen molar-refractivity contribution in [3.63, 3.8) is 0 Å². The van der Waals surface area contributed by atoms with E-state index in [9.17, 15) is 9.59 Å². The smallest absolute Gasteiger partial charge is 0.420 e. The van der Waals surface area contributed by atoms with Crippen molar-refractivity contribution in [1.82, 2.24) is 9.55 Å². The number of thiazole rings is 1. The van der Waals surface area contributed by atoms with E-state index in [4.69, 9.17) is 9.15 Å². The molecule has 0 aliphatic heterocycles. The van der Waals surface area contributed by atoms with Crippen LogP contribution in [0.3, 0.4) is 0 Å². The molecular formula is C19H16N2O4S. The highest BCUT2D eigenvalue weighted by Crippen LogP contribution is 2.29. The van der Waals surface area contributed by atoms with E-state index in [2.05, 4.69) is 4.98 Å². The van der Waals surface area contributed by atoms with E-state index < -0.39 is 23.9 Å². The topological polar surface area (TPSA) is 74.3 Å². The van der Waals surface area contributed by atoms with Crippen LogP contribution in [0.4, 0.5) is 0 Å². The second-order valence-corrected chi connectivity index (χ2v) is 7.04. The zero-order valence-electron chi connectivity index (χ0n) is 14.2. The highest BCUT2D eigenvalue weighted by molar-refractivity contribution is 7.18. The standard InChI is InChI=1S/C19H16N2O4S/c1-11(21-14-8-4-5-9-15(14)25-19(21)23)18(22)24-12(2)17-20-13-7-3-6-10-16(13)26-17/h3-12H,1-2H3/t11-,12+/m1/s1. The van der Waals surface area contributed by atoms with E-state index in [1.807, 2.05) is 24.3 Å². The fourth-order valence-corrected chi connectivity index (χ4v) is 3.79. The minimum Gasteiger partial charge on any atom is -0.454 e. The molecular weight excluding hydrogens is 352 g/mol. The van der Waals surface area contributed by atoms with Gasteiger partial charge in [-0.25, -0.2) is 14.6 Å². The van der Waals surface area contributed by atoms with E-state index in [-0.39, 0.29) is 0 Å². The molecule has 0 N–H and O–H groups in total. The molecule has 0 radical (unpaired) electrons. The van der Waals surface area contributed by atoms with Crippen LogP contribution in [0.15, 0.2) is 57.7 Å². The van der Waals surface area contributed by atoms with Gasteiger partial charge in [-0.1, -0.05) is 24.3 Å². The number of carbonyl (C=O) groups is 1. The lowest BCUT2D eigenvalue weighted by Crippen LogP contribution is -2.27. The summed E-state index contributed by atoms with van der Waals surface area (Å²) in [5.74, 6) is -1.09. The van der Waals surface area contributed by atoms with E-state index in [1.165, 1.54) is 15.9 Å². The molecule has 0 saturated heterocycles. The van der Waals surface area contributed by atoms with Gasteiger partial charge in [0.15, 0.2) is 11.7 Å². The summed E-state index contributed by atoms with van der Waals surface area (Å²) >= 11 is 1.49. The molecule has 2 atom stereocenters. The summed E-state index contributed by atoms with van der Waals surface area (Å²) in [6, 6.07) is 13.9. The van der Waals surface area contributed by atoms with Gasteiger partial charge in [0.2, 0.25) is 0 Å². The molecule has 7 heteroatoms. The Morgan fingerprint density at radius 3 is 2.69 bits per heavy atom. The lowest BCUT2D eigenvalue weighted by molar-refractivity contribution is -0.152. The average molecular weight is 368 g/mol. The molecule has 0 aliphatic rings. The maximum Gasteiger partial charge on any atom is 0.420 e. The SMILES string of the molecule is C[C@H](OC(=O)[C@@H](C)n1c(=O)oc2ccccc21)c1nc2ccccc2s1. The van der Waals surface area contributed by atoms with Crippen molar-refractivity contribution in [2.75, 3.05) is 0 Å². The fourth-order valence-electron chi connectivity index (χ4n) is 2.84. The Hall–Kier alpha value is -2.93. The van der Waals surface area contributed by atoms with E-state index >= 15 is 0 Å². The van der Waals surface area contributed by atoms with Crippen LogP contribution < -0.4 is 5.76 Å². The van der Waals surface area contributed by atoms with Crippen LogP contribution >= 0.6 is 11.3 Å². The second kappa shape index (κ2) is 6.42. The molecule has 2 aromatic carbocycles. The van der Waals surface area contributed by atoms with Crippen molar-refractivity contribution in [2.24, 2.45) is 0 Å². The molecule has 6 nitrogen and oxygen atoms in total. The van der Waals surface area contributed by atoms with Crippen LogP contribution in [0.25, 0.3) is 21.3 Å². The van der Waals surface area contributed by atoms with Crippen LogP contribution in [-0.2, 0) is 9.53 Å². The molecule has 132 valence electrons. The minimum atomic E-state index is -0.803. The van der Waals surface area contributed by atoms with Crippen molar-refractivity contribution in [3.8, 4) is 0 Å². The summed E-state index contributed by atoms with van der Waals surface area (Å²) in [7, 11) is 0. The molecule has 4 rings (SSSR count). The van der Waals surface area contributed by atoms with Gasteiger partial charge in [0.25, 0.3) is 0 Å². The molecule has 2 aromatic heterocycles. The van der Waals surface area contributed by atoms with Crippen LogP contribution in [0.1, 0.15) is 31.0 Å². The molecule has 0 spiro atoms. The van der Waals surface area contributed by atoms with Crippen LogP contribution in [-0.4, -0.2) is 15.5 Å². The molecule has 0 amide bonds. The Morgan fingerprint density at radius 1 is 1.15 bits per heavy atom. The first-order chi connectivity index (χ1) is 12.5. The number of fused-ring (bicyclic) bond motifs is 2. The fraction of sp³-hybridized carbons (Fsp3) is 0.211. The summed E-state index contributed by atoms with van der Waals surface area (Å²) in [4.78, 5) is 29.2. The molecule has 0 fully saturated rings. The summed E-state index contributed by atoms with van der Waals surface area (Å²) in [5, 5.41) is 0.719. The Labute approximate surface area is 152 Å². The number of para-hydroxylation sites is 3. The number of hydrogen-bond acceptors (Lipinski definition) is 6. The van der Waals surface area contributed by atoms with Gasteiger partial charge >= 0.3 is 11.7 Å². The zero-order valence-corrected chi connectivity index (χ0v) is 15.0. The van der Waals surface area contributed by atoms with Crippen LogP contribution in [0.2, 0.25) is 0 Å². The van der Waals surface area contributed by atoms with Gasteiger partial charge in [-0.15, -0.1) is 11.3 Å². The van der Waals surface area contributed by atoms with Crippen molar-refractivity contribution in [2.45, 2.75) is 26.0 Å². The third-order valence-electron chi connectivity index (χ3n) is 4.20. The first kappa shape index (κ1) is 16.5. The molecule has 0 unspecified atom stereocenters. The predicted molar refractivity (Wildman–Crippen MR) is 99.3 cm³/mol. The first-order valence-corrected chi connectivity index (χ1v) is 9.02. The summed E-state index contributed by atoms with van der Waals surface area (Å²) in [5.41, 5.74) is 1.88. The number of esters is 1. The highest BCUT2D eigenvalue weighted by atomic mass is 32.1. The average Bonchev–Trinajstić information content (AvgIpc) is 3.21. The minimum absolute atomic E-state index is 0.441. The summed E-state index contributed by atoms with van der Waals surface area (Å²) in [6.07, 6.45) is -0.504. The number of nitrogens with zero attached hydrogens (tertiary/aromatic N) is 2. The molecule has 0 bridgehead atoms. The quantitative estimate of drug-likeness (QED) is 0.508. The number of carbonyl (C=O) groups excluding carboxylic acids is 1. The largest absolute Gasteiger partial charge is 0.454 e. The number of benzene rings is 2. The summed E-state index contributed by atoms with van der Waals surface area (Å²) < 4.78 is 13.1. The van der Waals surface area contributed by atoms with Gasteiger partial charge in [-0.05, 0) is 38.1 Å². The lowest BCUT2D eigenvalue weighted by atomic mass is 10.3. The normalized spacial score (nSPS) is 13.8. The third kappa shape index (κ3) is 2.80. The van der Waals surface area contributed by atoms with Gasteiger partial charge in [0, 0.05) is 0 Å². The van der Waals surface area contributed by atoms with Crippen molar-refractivity contribution >= 4 is 38.6 Å². The van der Waals surface area contributed by atoms with Gasteiger partial charge in [-0.3, -0.25) is 4.57 Å². The van der Waals surface area contributed by atoms with E-state index in [0.29, 0.717) is 11.1 Å². The zero-order chi connectivity index (χ0) is 18.3. The molecule has 4 aromatic rings. The predicted octanol–water partition coefficient (Wildman–Crippen LogP) is 4.07. The molecule has 26 heavy (non-hydrogen) atoms. The first-order valence-electron chi connectivity index (χ1n) is 8.20. The van der Waals surface area contributed by atoms with Crippen LogP contribution in [0.5, 0.6) is 0 Å². The van der Waals surface area contributed by atoms with E-state index in [0.717, 1.165) is 15.2 Å². The number of rotatable bonds is 4. The maximum atomic E-state index is 12.6. The van der Waals surface area contributed by atoms with Gasteiger partial charge in [0.05, 0.1) is 15.7 Å².